The van der Waals surface area contributed by atoms with E-state index >= 15 is 0 Å². The van der Waals surface area contributed by atoms with E-state index in [0.29, 0.717) is 5.02 Å². The van der Waals surface area contributed by atoms with Crippen molar-refractivity contribution in [2.45, 2.75) is 26.8 Å². The number of hydrogen-bond donors (Lipinski definition) is 2. The molecule has 0 heterocycles. The van der Waals surface area contributed by atoms with Crippen molar-refractivity contribution >= 4 is 29.2 Å². The van der Waals surface area contributed by atoms with Crippen LogP contribution in [0.5, 0.6) is 0 Å². The van der Waals surface area contributed by atoms with Crippen LogP contribution in [0.3, 0.4) is 0 Å². The summed E-state index contributed by atoms with van der Waals surface area (Å²) < 4.78 is 4.66. The third-order valence-electron chi connectivity index (χ3n) is 2.86. The number of halogens is 1. The van der Waals surface area contributed by atoms with Crippen LogP contribution in [0.25, 0.3) is 0 Å². The highest BCUT2D eigenvalue weighted by Crippen LogP contribution is 2.24. The lowest BCUT2D eigenvalue weighted by atomic mass is 9.87. The first-order valence-corrected chi connectivity index (χ1v) is 6.49. The van der Waals surface area contributed by atoms with Crippen molar-refractivity contribution < 1.29 is 14.3 Å². The second-order valence-corrected chi connectivity index (χ2v) is 5.95. The molecule has 0 aliphatic rings. The van der Waals surface area contributed by atoms with Gasteiger partial charge in [0.05, 0.1) is 24.4 Å². The standard InChI is InChI=1S/C14H19ClN2O3/c1-14(2,3)11(16)12(18)17-10-7-8(15)5-6-9(10)13(19)20-4/h5-7,11H,16H2,1-4H3,(H,17,18). The van der Waals surface area contributed by atoms with Gasteiger partial charge in [-0.25, -0.2) is 4.79 Å². The lowest BCUT2D eigenvalue weighted by molar-refractivity contribution is -0.119. The molecule has 1 amide bonds. The highest BCUT2D eigenvalue weighted by molar-refractivity contribution is 6.31. The number of hydrogen-bond acceptors (Lipinski definition) is 4. The van der Waals surface area contributed by atoms with Crippen molar-refractivity contribution in [1.82, 2.24) is 0 Å². The zero-order valence-electron chi connectivity index (χ0n) is 12.0. The third-order valence-corrected chi connectivity index (χ3v) is 3.10. The first kappa shape index (κ1) is 16.5. The maximum atomic E-state index is 12.1. The van der Waals surface area contributed by atoms with Gasteiger partial charge in [0.1, 0.15) is 0 Å². The summed E-state index contributed by atoms with van der Waals surface area (Å²) in [6, 6.07) is 3.81. The Morgan fingerprint density at radius 1 is 1.35 bits per heavy atom. The van der Waals surface area contributed by atoms with Gasteiger partial charge >= 0.3 is 5.97 Å². The summed E-state index contributed by atoms with van der Waals surface area (Å²) in [4.78, 5) is 23.7. The van der Waals surface area contributed by atoms with E-state index in [9.17, 15) is 9.59 Å². The predicted molar refractivity (Wildman–Crippen MR) is 78.9 cm³/mol. The minimum atomic E-state index is -0.716. The van der Waals surface area contributed by atoms with Gasteiger partial charge in [0.15, 0.2) is 0 Å². The summed E-state index contributed by atoms with van der Waals surface area (Å²) in [5, 5.41) is 3.02. The highest BCUT2D eigenvalue weighted by Gasteiger charge is 2.28. The van der Waals surface area contributed by atoms with Gasteiger partial charge in [-0.2, -0.15) is 0 Å². The van der Waals surface area contributed by atoms with E-state index in [4.69, 9.17) is 17.3 Å². The number of rotatable bonds is 3. The molecule has 0 saturated carbocycles. The Kier molecular flexibility index (Phi) is 5.14. The molecule has 3 N–H and O–H groups in total. The van der Waals surface area contributed by atoms with Crippen molar-refractivity contribution in [3.63, 3.8) is 0 Å². The minimum Gasteiger partial charge on any atom is -0.465 e. The molecule has 1 aromatic rings. The number of nitrogens with two attached hydrogens (primary N) is 1. The van der Waals surface area contributed by atoms with Gasteiger partial charge in [0, 0.05) is 5.02 Å². The molecule has 1 atom stereocenters. The fourth-order valence-corrected chi connectivity index (χ4v) is 1.68. The van der Waals surface area contributed by atoms with Crippen LogP contribution in [0, 0.1) is 5.41 Å². The van der Waals surface area contributed by atoms with Crippen LogP contribution in [0.1, 0.15) is 31.1 Å². The van der Waals surface area contributed by atoms with Crippen LogP contribution in [-0.4, -0.2) is 25.0 Å². The number of esters is 1. The molecule has 0 spiro atoms. The van der Waals surface area contributed by atoms with E-state index in [2.05, 4.69) is 10.1 Å². The Labute approximate surface area is 123 Å². The summed E-state index contributed by atoms with van der Waals surface area (Å²) in [5.74, 6) is -0.939. The molecule has 0 bridgehead atoms. The lowest BCUT2D eigenvalue weighted by Crippen LogP contribution is -2.45. The van der Waals surface area contributed by atoms with Crippen LogP contribution in [0.4, 0.5) is 5.69 Å². The summed E-state index contributed by atoms with van der Waals surface area (Å²) in [5.41, 5.74) is 6.00. The van der Waals surface area contributed by atoms with Crippen LogP contribution in [0.2, 0.25) is 5.02 Å². The van der Waals surface area contributed by atoms with Crippen LogP contribution >= 0.6 is 11.6 Å². The Balaban J connectivity index is 3.05. The van der Waals surface area contributed by atoms with E-state index in [-0.39, 0.29) is 17.2 Å². The molecule has 6 heteroatoms. The minimum absolute atomic E-state index is 0.228. The Bertz CT molecular complexity index is 524. The molecule has 110 valence electrons. The maximum absolute atomic E-state index is 12.1. The van der Waals surface area contributed by atoms with Gasteiger partial charge in [-0.1, -0.05) is 32.4 Å². The first-order chi connectivity index (χ1) is 9.16. The molecule has 1 aromatic carbocycles. The largest absolute Gasteiger partial charge is 0.465 e. The van der Waals surface area contributed by atoms with Crippen LogP contribution in [-0.2, 0) is 9.53 Å². The van der Waals surface area contributed by atoms with Crippen molar-refractivity contribution in [2.75, 3.05) is 12.4 Å². The zero-order chi connectivity index (χ0) is 15.5. The van der Waals surface area contributed by atoms with Crippen molar-refractivity contribution in [3.05, 3.63) is 28.8 Å². The van der Waals surface area contributed by atoms with Crippen LogP contribution in [0.15, 0.2) is 18.2 Å². The molecule has 0 aliphatic carbocycles. The fraction of sp³-hybridized carbons (Fsp3) is 0.429. The summed E-state index contributed by atoms with van der Waals surface area (Å²) >= 11 is 5.88. The van der Waals surface area contributed by atoms with E-state index < -0.39 is 17.4 Å². The van der Waals surface area contributed by atoms with Gasteiger partial charge in [0.2, 0.25) is 5.91 Å². The van der Waals surface area contributed by atoms with Gasteiger partial charge in [-0.3, -0.25) is 4.79 Å². The van der Waals surface area contributed by atoms with E-state index in [1.54, 1.807) is 6.07 Å². The summed E-state index contributed by atoms with van der Waals surface area (Å²) in [6.45, 7) is 5.57. The zero-order valence-corrected chi connectivity index (χ0v) is 12.7. The lowest BCUT2D eigenvalue weighted by Gasteiger charge is -2.26. The van der Waals surface area contributed by atoms with E-state index in [0.717, 1.165) is 0 Å². The molecule has 0 saturated heterocycles. The molecular weight excluding hydrogens is 280 g/mol. The SMILES string of the molecule is COC(=O)c1ccc(Cl)cc1NC(=O)C(N)C(C)(C)C. The average molecular weight is 299 g/mol. The van der Waals surface area contributed by atoms with Crippen molar-refractivity contribution in [2.24, 2.45) is 11.1 Å². The molecule has 1 unspecified atom stereocenters. The van der Waals surface area contributed by atoms with E-state index in [1.807, 2.05) is 20.8 Å². The second kappa shape index (κ2) is 6.24. The molecule has 0 radical (unpaired) electrons. The van der Waals surface area contributed by atoms with Gasteiger partial charge in [-0.15, -0.1) is 0 Å². The molecule has 5 nitrogen and oxygen atoms in total. The van der Waals surface area contributed by atoms with Crippen molar-refractivity contribution in [1.29, 1.82) is 0 Å². The number of ether oxygens (including phenoxy) is 1. The number of carbonyl (C=O) groups is 2. The second-order valence-electron chi connectivity index (χ2n) is 5.51. The number of methoxy groups -OCH3 is 1. The number of anilines is 1. The smallest absolute Gasteiger partial charge is 0.339 e. The Hall–Kier alpha value is -1.59. The quantitative estimate of drug-likeness (QED) is 0.840. The topological polar surface area (TPSA) is 81.4 Å². The Morgan fingerprint density at radius 2 is 1.95 bits per heavy atom. The average Bonchev–Trinajstić information content (AvgIpc) is 2.36. The van der Waals surface area contributed by atoms with Gasteiger partial charge in [-0.05, 0) is 23.6 Å². The number of carbonyl (C=O) groups excluding carboxylic acids is 2. The Morgan fingerprint density at radius 3 is 2.45 bits per heavy atom. The maximum Gasteiger partial charge on any atom is 0.339 e. The molecule has 0 aliphatic heterocycles. The molecule has 1 rings (SSSR count). The fourth-order valence-electron chi connectivity index (χ4n) is 1.51. The first-order valence-electron chi connectivity index (χ1n) is 6.11. The third kappa shape index (κ3) is 3.95. The number of nitrogens with one attached hydrogen (secondary N) is 1. The molecular formula is C14H19ClN2O3. The molecule has 20 heavy (non-hydrogen) atoms. The van der Waals surface area contributed by atoms with Crippen LogP contribution < -0.4 is 11.1 Å². The monoisotopic (exact) mass is 298 g/mol. The molecule has 0 fully saturated rings. The van der Waals surface area contributed by atoms with Gasteiger partial charge < -0.3 is 15.8 Å². The summed E-state index contributed by atoms with van der Waals surface area (Å²) in [6.07, 6.45) is 0. The van der Waals surface area contributed by atoms with E-state index in [1.165, 1.54) is 19.2 Å². The summed E-state index contributed by atoms with van der Waals surface area (Å²) in [7, 11) is 1.27. The molecule has 0 aromatic heterocycles. The van der Waals surface area contributed by atoms with Crippen molar-refractivity contribution in [3.8, 4) is 0 Å². The van der Waals surface area contributed by atoms with Gasteiger partial charge in [0.25, 0.3) is 0 Å². The highest BCUT2D eigenvalue weighted by atomic mass is 35.5. The number of benzene rings is 1. The predicted octanol–water partition coefficient (Wildman–Crippen LogP) is 2.44. The number of amides is 1. The normalized spacial score (nSPS) is 12.7.